The van der Waals surface area contributed by atoms with Gasteiger partial charge in [0.2, 0.25) is 0 Å². The highest BCUT2D eigenvalue weighted by molar-refractivity contribution is 9.10. The Morgan fingerprint density at radius 2 is 2.10 bits per heavy atom. The van der Waals surface area contributed by atoms with E-state index in [0.29, 0.717) is 6.54 Å². The molecule has 6 nitrogen and oxygen atoms in total. The number of pyridine rings is 1. The predicted molar refractivity (Wildman–Crippen MR) is 83.6 cm³/mol. The average molecular weight is 372 g/mol. The third kappa shape index (κ3) is 3.72. The van der Waals surface area contributed by atoms with Gasteiger partial charge in [-0.1, -0.05) is 6.07 Å². The van der Waals surface area contributed by atoms with Gasteiger partial charge in [-0.2, -0.15) is 0 Å². The summed E-state index contributed by atoms with van der Waals surface area (Å²) in [5.74, 6) is 0.464. The van der Waals surface area contributed by atoms with Crippen LogP contribution in [0.2, 0.25) is 0 Å². The van der Waals surface area contributed by atoms with Crippen molar-refractivity contribution in [2.45, 2.75) is 11.4 Å². The van der Waals surface area contributed by atoms with E-state index in [1.165, 1.54) is 19.4 Å². The number of nitrogens with zero attached hydrogens (tertiary/aromatic N) is 1. The van der Waals surface area contributed by atoms with E-state index in [9.17, 15) is 8.42 Å². The Hall–Kier alpha value is -1.64. The van der Waals surface area contributed by atoms with Crippen molar-refractivity contribution in [2.24, 2.45) is 5.73 Å². The van der Waals surface area contributed by atoms with Gasteiger partial charge in [-0.15, -0.1) is 0 Å². The lowest BCUT2D eigenvalue weighted by Crippen LogP contribution is -2.15. The van der Waals surface area contributed by atoms with Crippen molar-refractivity contribution < 1.29 is 13.2 Å². The molecule has 3 N–H and O–H groups in total. The number of hydrogen-bond acceptors (Lipinski definition) is 5. The highest BCUT2D eigenvalue weighted by atomic mass is 79.9. The molecule has 0 saturated heterocycles. The zero-order valence-corrected chi connectivity index (χ0v) is 13.6. The van der Waals surface area contributed by atoms with Crippen molar-refractivity contribution in [2.75, 3.05) is 11.8 Å². The number of sulfonamides is 1. The van der Waals surface area contributed by atoms with Crippen LogP contribution in [0.1, 0.15) is 5.56 Å². The van der Waals surface area contributed by atoms with Crippen molar-refractivity contribution >= 4 is 31.8 Å². The first-order chi connectivity index (χ1) is 9.96. The summed E-state index contributed by atoms with van der Waals surface area (Å²) in [7, 11) is -2.38. The van der Waals surface area contributed by atoms with Gasteiger partial charge in [-0.3, -0.25) is 4.72 Å². The average Bonchev–Trinajstić information content (AvgIpc) is 2.48. The van der Waals surface area contributed by atoms with Crippen molar-refractivity contribution in [1.82, 2.24) is 4.98 Å². The number of halogens is 1. The van der Waals surface area contributed by atoms with Crippen LogP contribution in [-0.4, -0.2) is 20.5 Å². The van der Waals surface area contributed by atoms with Gasteiger partial charge in [-0.25, -0.2) is 13.4 Å². The Morgan fingerprint density at radius 1 is 1.33 bits per heavy atom. The summed E-state index contributed by atoms with van der Waals surface area (Å²) in [6.45, 7) is 0.304. The Bertz CT molecular complexity index is 733. The standard InChI is InChI=1S/C13H14BrN3O3S/c1-20-11-6-9(7-15)2-4-12(11)21(18,19)17-13-5-3-10(14)8-16-13/h2-6,8H,7,15H2,1H3,(H,16,17). The fourth-order valence-corrected chi connectivity index (χ4v) is 3.08. The van der Waals surface area contributed by atoms with E-state index in [1.807, 2.05) is 0 Å². The summed E-state index contributed by atoms with van der Waals surface area (Å²) in [5, 5.41) is 0. The maximum atomic E-state index is 12.4. The summed E-state index contributed by atoms with van der Waals surface area (Å²) in [6.07, 6.45) is 1.51. The second kappa shape index (κ2) is 6.42. The molecule has 0 aliphatic rings. The summed E-state index contributed by atoms with van der Waals surface area (Å²) in [6, 6.07) is 7.96. The molecule has 21 heavy (non-hydrogen) atoms. The first-order valence-corrected chi connectivity index (χ1v) is 8.25. The Labute approximate surface area is 131 Å². The normalized spacial score (nSPS) is 11.2. The molecule has 0 aliphatic heterocycles. The van der Waals surface area contributed by atoms with Crippen LogP contribution in [0.5, 0.6) is 5.75 Å². The number of aromatic nitrogens is 1. The topological polar surface area (TPSA) is 94.3 Å². The molecule has 0 amide bonds. The van der Waals surface area contributed by atoms with Crippen LogP contribution >= 0.6 is 15.9 Å². The minimum Gasteiger partial charge on any atom is -0.495 e. The quantitative estimate of drug-likeness (QED) is 0.839. The van der Waals surface area contributed by atoms with Crippen LogP contribution in [0.15, 0.2) is 45.9 Å². The van der Waals surface area contributed by atoms with Crippen LogP contribution in [0.25, 0.3) is 0 Å². The minimum atomic E-state index is -3.79. The molecule has 0 spiro atoms. The smallest absolute Gasteiger partial charge is 0.266 e. The van der Waals surface area contributed by atoms with E-state index in [4.69, 9.17) is 10.5 Å². The molecule has 0 radical (unpaired) electrons. The molecule has 1 heterocycles. The van der Waals surface area contributed by atoms with Gasteiger partial charge in [0.05, 0.1) is 7.11 Å². The number of hydrogen-bond donors (Lipinski definition) is 2. The predicted octanol–water partition coefficient (Wildman–Crippen LogP) is 2.11. The van der Waals surface area contributed by atoms with Crippen LogP contribution in [0.3, 0.4) is 0 Å². The Morgan fingerprint density at radius 3 is 2.67 bits per heavy atom. The number of rotatable bonds is 5. The van der Waals surface area contributed by atoms with Gasteiger partial charge in [0, 0.05) is 17.2 Å². The second-order valence-electron chi connectivity index (χ2n) is 4.16. The lowest BCUT2D eigenvalue weighted by Gasteiger charge is -2.12. The number of nitrogens with two attached hydrogens (primary N) is 1. The second-order valence-corrected chi connectivity index (χ2v) is 6.72. The SMILES string of the molecule is COc1cc(CN)ccc1S(=O)(=O)Nc1ccc(Br)cn1. The third-order valence-electron chi connectivity index (χ3n) is 2.72. The van der Waals surface area contributed by atoms with E-state index >= 15 is 0 Å². The monoisotopic (exact) mass is 371 g/mol. The van der Waals surface area contributed by atoms with Gasteiger partial charge in [0.15, 0.2) is 0 Å². The van der Waals surface area contributed by atoms with Gasteiger partial charge < -0.3 is 10.5 Å². The molecular weight excluding hydrogens is 358 g/mol. The molecule has 2 aromatic rings. The van der Waals surface area contributed by atoms with Gasteiger partial charge in [0.1, 0.15) is 16.5 Å². The zero-order chi connectivity index (χ0) is 15.5. The summed E-state index contributed by atoms with van der Waals surface area (Å²) in [4.78, 5) is 4.01. The zero-order valence-electron chi connectivity index (χ0n) is 11.2. The lowest BCUT2D eigenvalue weighted by atomic mass is 10.2. The number of benzene rings is 1. The highest BCUT2D eigenvalue weighted by Crippen LogP contribution is 2.26. The van der Waals surface area contributed by atoms with E-state index in [-0.39, 0.29) is 16.5 Å². The largest absolute Gasteiger partial charge is 0.495 e. The van der Waals surface area contributed by atoms with Gasteiger partial charge >= 0.3 is 0 Å². The highest BCUT2D eigenvalue weighted by Gasteiger charge is 2.20. The molecule has 0 aliphatic carbocycles. The van der Waals surface area contributed by atoms with Crippen LogP contribution < -0.4 is 15.2 Å². The van der Waals surface area contributed by atoms with E-state index < -0.39 is 10.0 Å². The summed E-state index contributed by atoms with van der Waals surface area (Å²) >= 11 is 3.24. The molecule has 1 aromatic carbocycles. The van der Waals surface area contributed by atoms with Crippen molar-refractivity contribution in [3.05, 3.63) is 46.6 Å². The molecule has 0 saturated carbocycles. The number of methoxy groups -OCH3 is 1. The third-order valence-corrected chi connectivity index (χ3v) is 4.58. The molecular formula is C13H14BrN3O3S. The molecule has 0 atom stereocenters. The van der Waals surface area contributed by atoms with Gasteiger partial charge in [-0.05, 0) is 45.8 Å². The minimum absolute atomic E-state index is 0.0342. The van der Waals surface area contributed by atoms with Gasteiger partial charge in [0.25, 0.3) is 10.0 Å². The molecule has 1 aromatic heterocycles. The molecule has 112 valence electrons. The number of nitrogens with one attached hydrogen (secondary N) is 1. The van der Waals surface area contributed by atoms with E-state index in [1.54, 1.807) is 24.3 Å². The van der Waals surface area contributed by atoms with E-state index in [0.717, 1.165) is 10.0 Å². The van der Waals surface area contributed by atoms with Crippen molar-refractivity contribution in [3.63, 3.8) is 0 Å². The first-order valence-electron chi connectivity index (χ1n) is 5.97. The first kappa shape index (κ1) is 15.7. The van der Waals surface area contributed by atoms with Crippen LogP contribution in [0, 0.1) is 0 Å². The lowest BCUT2D eigenvalue weighted by molar-refractivity contribution is 0.402. The summed E-state index contributed by atoms with van der Waals surface area (Å²) < 4.78 is 33.1. The van der Waals surface area contributed by atoms with Crippen molar-refractivity contribution in [3.8, 4) is 5.75 Å². The molecule has 0 unspecified atom stereocenters. The molecule has 2 rings (SSSR count). The Balaban J connectivity index is 2.37. The fraction of sp³-hybridized carbons (Fsp3) is 0.154. The maximum absolute atomic E-state index is 12.4. The maximum Gasteiger partial charge on any atom is 0.266 e. The van der Waals surface area contributed by atoms with Crippen molar-refractivity contribution in [1.29, 1.82) is 0 Å². The summed E-state index contributed by atoms with van der Waals surface area (Å²) in [5.41, 5.74) is 6.32. The fourth-order valence-electron chi connectivity index (χ4n) is 1.69. The van der Waals surface area contributed by atoms with Crippen LogP contribution in [-0.2, 0) is 16.6 Å². The molecule has 8 heteroatoms. The van der Waals surface area contributed by atoms with Crippen LogP contribution in [0.4, 0.5) is 5.82 Å². The molecule has 0 bridgehead atoms. The number of ether oxygens (including phenoxy) is 1. The Kier molecular flexibility index (Phi) is 4.81. The number of anilines is 1. The van der Waals surface area contributed by atoms with E-state index in [2.05, 4.69) is 25.6 Å². The molecule has 0 fully saturated rings.